The standard InChI is InChI=1S/C17H26.C10H10N2O6.C7H14.C2H6/c1-15-9-8-14-17(15)13-7-3-6-12-16-10-4-2-5-11-16;13-7-11-5-10(14)18-9-3-1-8(2-4-9)6-17-12(15)16;1-3-5-7-6-4-2;1-2/h2,4-5,10-11,15,17H,3,6-9,12-14H2,1H3;1-4,7H,5-6H2,(H,11,13);3,5H,4,6-7H2,1-2H3;1-2H3/b;;5-3-;. The molecule has 2 aromatic carbocycles. The van der Waals surface area contributed by atoms with Crippen LogP contribution in [0.1, 0.15) is 110 Å². The highest BCUT2D eigenvalue weighted by molar-refractivity contribution is 5.76. The van der Waals surface area contributed by atoms with E-state index >= 15 is 0 Å². The summed E-state index contributed by atoms with van der Waals surface area (Å²) in [7, 11) is 0. The maximum Gasteiger partial charge on any atom is 0.330 e. The molecule has 2 unspecified atom stereocenters. The van der Waals surface area contributed by atoms with Crippen molar-refractivity contribution in [3.8, 4) is 5.75 Å². The number of carbonyl (C=O) groups excluding carboxylic acids is 2. The molecule has 1 saturated carbocycles. The number of ether oxygens (including phenoxy) is 1. The van der Waals surface area contributed by atoms with Gasteiger partial charge in [0.05, 0.1) is 0 Å². The second-order valence-corrected chi connectivity index (χ2v) is 10.6. The molecule has 0 aliphatic heterocycles. The molecule has 8 nitrogen and oxygen atoms in total. The lowest BCUT2D eigenvalue weighted by Gasteiger charge is -2.14. The lowest BCUT2D eigenvalue weighted by atomic mass is 9.92. The topological polar surface area (TPSA) is 108 Å². The first kappa shape index (κ1) is 40.3. The zero-order chi connectivity index (χ0) is 32.8. The van der Waals surface area contributed by atoms with Crippen LogP contribution < -0.4 is 10.1 Å². The van der Waals surface area contributed by atoms with Crippen molar-refractivity contribution in [3.63, 3.8) is 0 Å². The van der Waals surface area contributed by atoms with E-state index in [-0.39, 0.29) is 18.9 Å². The van der Waals surface area contributed by atoms with Gasteiger partial charge in [0.25, 0.3) is 5.09 Å². The Labute approximate surface area is 265 Å². The van der Waals surface area contributed by atoms with Gasteiger partial charge in [-0.15, -0.1) is 10.1 Å². The fourth-order valence-electron chi connectivity index (χ4n) is 4.77. The summed E-state index contributed by atoms with van der Waals surface area (Å²) in [4.78, 5) is 35.2. The van der Waals surface area contributed by atoms with Crippen molar-refractivity contribution < 1.29 is 24.3 Å². The van der Waals surface area contributed by atoms with E-state index in [4.69, 9.17) is 4.74 Å². The largest absolute Gasteiger partial charge is 0.425 e. The maximum absolute atomic E-state index is 11.1. The summed E-state index contributed by atoms with van der Waals surface area (Å²) in [5.74, 6) is 1.71. The molecule has 1 fully saturated rings. The van der Waals surface area contributed by atoms with Gasteiger partial charge in [0.2, 0.25) is 6.41 Å². The minimum Gasteiger partial charge on any atom is -0.425 e. The lowest BCUT2D eigenvalue weighted by molar-refractivity contribution is -0.763. The summed E-state index contributed by atoms with van der Waals surface area (Å²) in [6, 6.07) is 16.9. The first-order valence-corrected chi connectivity index (χ1v) is 16.3. The first-order valence-electron chi connectivity index (χ1n) is 16.3. The Morgan fingerprint density at radius 1 is 1.00 bits per heavy atom. The molecule has 246 valence electrons. The predicted octanol–water partition coefficient (Wildman–Crippen LogP) is 9.05. The number of carbonyl (C=O) groups is 2. The van der Waals surface area contributed by atoms with Crippen molar-refractivity contribution in [2.75, 3.05) is 6.54 Å². The molecular weight excluding hydrogens is 556 g/mol. The molecule has 3 rings (SSSR count). The molecule has 0 heterocycles. The van der Waals surface area contributed by atoms with Crippen molar-refractivity contribution in [2.24, 2.45) is 11.8 Å². The van der Waals surface area contributed by atoms with Gasteiger partial charge in [-0.05, 0) is 61.3 Å². The van der Waals surface area contributed by atoms with E-state index in [0.29, 0.717) is 12.0 Å². The van der Waals surface area contributed by atoms with Gasteiger partial charge in [0.1, 0.15) is 18.9 Å². The van der Waals surface area contributed by atoms with Gasteiger partial charge in [-0.2, -0.15) is 0 Å². The minimum absolute atomic E-state index is 0.173. The van der Waals surface area contributed by atoms with Crippen LogP contribution in [-0.4, -0.2) is 24.0 Å². The quantitative estimate of drug-likeness (QED) is 0.0385. The van der Waals surface area contributed by atoms with E-state index in [9.17, 15) is 19.7 Å². The van der Waals surface area contributed by atoms with E-state index in [1.807, 2.05) is 13.8 Å². The van der Waals surface area contributed by atoms with Crippen LogP contribution in [0, 0.1) is 22.0 Å². The Balaban J connectivity index is 0.000000664. The molecule has 1 N–H and O–H groups in total. The number of esters is 1. The first-order chi connectivity index (χ1) is 21.4. The average Bonchev–Trinajstić information content (AvgIpc) is 3.46. The molecular formula is C36H56N2O6. The van der Waals surface area contributed by atoms with Crippen LogP contribution in [0.3, 0.4) is 0 Å². The third kappa shape index (κ3) is 21.9. The summed E-state index contributed by atoms with van der Waals surface area (Å²) in [6.07, 6.45) is 20.0. The van der Waals surface area contributed by atoms with Crippen molar-refractivity contribution in [1.82, 2.24) is 5.32 Å². The highest BCUT2D eigenvalue weighted by atomic mass is 16.9. The van der Waals surface area contributed by atoms with Crippen molar-refractivity contribution >= 4 is 12.4 Å². The molecule has 2 aromatic rings. The third-order valence-electron chi connectivity index (χ3n) is 7.20. The van der Waals surface area contributed by atoms with E-state index in [0.717, 1.165) is 11.8 Å². The van der Waals surface area contributed by atoms with Gasteiger partial charge in [-0.25, -0.2) is 4.79 Å². The molecule has 0 aromatic heterocycles. The number of amides is 1. The smallest absolute Gasteiger partial charge is 0.330 e. The number of nitrogens with zero attached hydrogens (tertiary/aromatic N) is 1. The molecule has 0 radical (unpaired) electrons. The number of hydrogen-bond acceptors (Lipinski definition) is 6. The zero-order valence-corrected chi connectivity index (χ0v) is 27.7. The third-order valence-corrected chi connectivity index (χ3v) is 7.20. The number of rotatable bonds is 16. The molecule has 0 spiro atoms. The van der Waals surface area contributed by atoms with Crippen LogP contribution in [0.2, 0.25) is 0 Å². The van der Waals surface area contributed by atoms with Crippen LogP contribution >= 0.6 is 0 Å². The van der Waals surface area contributed by atoms with Crippen LogP contribution in [0.4, 0.5) is 0 Å². The molecule has 1 aliphatic rings. The van der Waals surface area contributed by atoms with Gasteiger partial charge in [-0.1, -0.05) is 134 Å². The van der Waals surface area contributed by atoms with Gasteiger partial charge < -0.3 is 14.9 Å². The van der Waals surface area contributed by atoms with Crippen LogP contribution in [0.25, 0.3) is 0 Å². The van der Waals surface area contributed by atoms with Crippen molar-refractivity contribution in [2.45, 2.75) is 112 Å². The fraction of sp³-hybridized carbons (Fsp3) is 0.556. The van der Waals surface area contributed by atoms with Gasteiger partial charge in [0.15, 0.2) is 0 Å². The number of aryl methyl sites for hydroxylation is 1. The minimum atomic E-state index is -0.890. The number of benzene rings is 2. The Morgan fingerprint density at radius 2 is 1.70 bits per heavy atom. The summed E-state index contributed by atoms with van der Waals surface area (Å²) in [5.41, 5.74) is 2.07. The molecule has 2 atom stereocenters. The normalized spacial score (nSPS) is 14.9. The number of unbranched alkanes of at least 4 members (excludes halogenated alkanes) is 4. The summed E-state index contributed by atoms with van der Waals surface area (Å²) in [6.45, 7) is 10.3. The van der Waals surface area contributed by atoms with E-state index in [1.54, 1.807) is 0 Å². The molecule has 1 aliphatic carbocycles. The molecule has 0 saturated heterocycles. The Kier molecular flexibility index (Phi) is 25.8. The summed E-state index contributed by atoms with van der Waals surface area (Å²) >= 11 is 0. The van der Waals surface area contributed by atoms with Crippen LogP contribution in [0.5, 0.6) is 5.75 Å². The molecule has 0 bridgehead atoms. The van der Waals surface area contributed by atoms with Gasteiger partial charge in [0, 0.05) is 0 Å². The van der Waals surface area contributed by atoms with Gasteiger partial charge >= 0.3 is 5.97 Å². The highest BCUT2D eigenvalue weighted by Crippen LogP contribution is 2.34. The van der Waals surface area contributed by atoms with Crippen LogP contribution in [-0.2, 0) is 27.5 Å². The molecule has 8 heteroatoms. The highest BCUT2D eigenvalue weighted by Gasteiger charge is 2.22. The molecule has 1 amide bonds. The Bertz CT molecular complexity index is 1010. The Hall–Kier alpha value is -3.68. The SMILES string of the molecule is C/C=C\CCCC.CC.CC1CCCC1CCCCCc1ccccc1.O=CNCC(=O)Oc1ccc(CO[N+](=O)[O-])cc1. The summed E-state index contributed by atoms with van der Waals surface area (Å²) in [5, 5.41) is 11.2. The van der Waals surface area contributed by atoms with E-state index in [1.165, 1.54) is 100 Å². The number of hydrogen-bond donors (Lipinski definition) is 1. The lowest BCUT2D eigenvalue weighted by Crippen LogP contribution is -2.25. The monoisotopic (exact) mass is 612 g/mol. The van der Waals surface area contributed by atoms with Crippen LogP contribution in [0.15, 0.2) is 66.7 Å². The second-order valence-electron chi connectivity index (χ2n) is 10.6. The van der Waals surface area contributed by atoms with E-state index < -0.39 is 11.1 Å². The number of allylic oxidation sites excluding steroid dienone is 2. The fourth-order valence-corrected chi connectivity index (χ4v) is 4.77. The second kappa shape index (κ2) is 28.1. The predicted molar refractivity (Wildman–Crippen MR) is 179 cm³/mol. The Morgan fingerprint density at radius 3 is 2.27 bits per heavy atom. The van der Waals surface area contributed by atoms with Crippen molar-refractivity contribution in [3.05, 3.63) is 88.0 Å². The molecule has 44 heavy (non-hydrogen) atoms. The van der Waals surface area contributed by atoms with Crippen molar-refractivity contribution in [1.29, 1.82) is 0 Å². The van der Waals surface area contributed by atoms with E-state index in [2.05, 4.69) is 73.4 Å². The number of nitrogens with one attached hydrogen (secondary N) is 1. The average molecular weight is 613 g/mol. The van der Waals surface area contributed by atoms with Gasteiger partial charge in [-0.3, -0.25) is 4.79 Å². The zero-order valence-electron chi connectivity index (χ0n) is 27.7. The maximum atomic E-state index is 11.1. The summed E-state index contributed by atoms with van der Waals surface area (Å²) < 4.78 is 4.86.